The van der Waals surface area contributed by atoms with Crippen molar-refractivity contribution in [1.29, 1.82) is 0 Å². The van der Waals surface area contributed by atoms with Crippen LogP contribution in [0.15, 0.2) is 53.6 Å². The van der Waals surface area contributed by atoms with Gasteiger partial charge in [-0.1, -0.05) is 48.0 Å². The molecule has 1 saturated carbocycles. The highest BCUT2D eigenvalue weighted by molar-refractivity contribution is 6.03. The van der Waals surface area contributed by atoms with Gasteiger partial charge < -0.3 is 9.64 Å². The Morgan fingerprint density at radius 3 is 2.50 bits per heavy atom. The number of aryl methyl sites for hydroxylation is 1. The fraction of sp³-hybridized carbons (Fsp3) is 0.464. The van der Waals surface area contributed by atoms with Crippen LogP contribution in [0.25, 0.3) is 0 Å². The first-order valence-corrected chi connectivity index (χ1v) is 12.8. The minimum atomic E-state index is -0.357. The third-order valence-electron chi connectivity index (χ3n) is 7.17. The standard InChI is InChI=1S/C28H33FN4O3/c1-20-6-8-21(9-7-20)26-18-25(23-4-2-3-5-24(23)29)30-33(26)27(34)19-32(28(35)22-10-11-22)13-12-31-14-16-36-17-15-31/h2-9,22,26H,10-19H2,1H3/t26-/m1/s1. The molecular weight excluding hydrogens is 459 g/mol. The molecular formula is C28H33FN4O3. The van der Waals surface area contributed by atoms with Gasteiger partial charge in [0.2, 0.25) is 5.91 Å². The van der Waals surface area contributed by atoms with E-state index in [0.717, 1.165) is 37.1 Å². The van der Waals surface area contributed by atoms with Gasteiger partial charge in [0.25, 0.3) is 5.91 Å². The quantitative estimate of drug-likeness (QED) is 0.567. The van der Waals surface area contributed by atoms with Gasteiger partial charge in [0.1, 0.15) is 12.4 Å². The molecule has 2 aromatic rings. The monoisotopic (exact) mass is 492 g/mol. The number of hydrazone groups is 1. The zero-order valence-corrected chi connectivity index (χ0v) is 20.7. The molecule has 190 valence electrons. The Bertz CT molecular complexity index is 1130. The van der Waals surface area contributed by atoms with Crippen LogP contribution in [0.4, 0.5) is 4.39 Å². The second-order valence-corrected chi connectivity index (χ2v) is 9.88. The lowest BCUT2D eigenvalue weighted by atomic mass is 9.97. The highest BCUT2D eigenvalue weighted by atomic mass is 19.1. The third-order valence-corrected chi connectivity index (χ3v) is 7.17. The number of carbonyl (C=O) groups is 2. The molecule has 2 fully saturated rings. The van der Waals surface area contributed by atoms with Crippen LogP contribution in [0.3, 0.4) is 0 Å². The highest BCUT2D eigenvalue weighted by Crippen LogP contribution is 2.34. The second-order valence-electron chi connectivity index (χ2n) is 9.88. The molecule has 7 nitrogen and oxygen atoms in total. The minimum absolute atomic E-state index is 0.0199. The van der Waals surface area contributed by atoms with E-state index in [1.807, 2.05) is 31.2 Å². The van der Waals surface area contributed by atoms with E-state index in [2.05, 4.69) is 10.0 Å². The van der Waals surface area contributed by atoms with Gasteiger partial charge in [-0.25, -0.2) is 9.40 Å². The predicted molar refractivity (Wildman–Crippen MR) is 135 cm³/mol. The van der Waals surface area contributed by atoms with Gasteiger partial charge in [0, 0.05) is 44.1 Å². The summed E-state index contributed by atoms with van der Waals surface area (Å²) < 4.78 is 20.0. The fourth-order valence-corrected chi connectivity index (χ4v) is 4.82. The van der Waals surface area contributed by atoms with Crippen LogP contribution in [0.2, 0.25) is 0 Å². The van der Waals surface area contributed by atoms with Gasteiger partial charge in [0.15, 0.2) is 0 Å². The summed E-state index contributed by atoms with van der Waals surface area (Å²) in [5.74, 6) is -0.542. The van der Waals surface area contributed by atoms with Crippen LogP contribution < -0.4 is 0 Å². The molecule has 1 atom stereocenters. The molecule has 0 bridgehead atoms. The zero-order valence-electron chi connectivity index (χ0n) is 20.7. The largest absolute Gasteiger partial charge is 0.379 e. The molecule has 2 heterocycles. The number of ether oxygens (including phenoxy) is 1. The maximum absolute atomic E-state index is 14.6. The second kappa shape index (κ2) is 10.9. The number of carbonyl (C=O) groups excluding carboxylic acids is 2. The fourth-order valence-electron chi connectivity index (χ4n) is 4.82. The van der Waals surface area contributed by atoms with Crippen molar-refractivity contribution >= 4 is 17.5 Å². The van der Waals surface area contributed by atoms with Gasteiger partial charge in [-0.15, -0.1) is 0 Å². The molecule has 0 spiro atoms. The smallest absolute Gasteiger partial charge is 0.262 e. The summed E-state index contributed by atoms with van der Waals surface area (Å²) in [6.45, 7) is 6.22. The van der Waals surface area contributed by atoms with E-state index in [1.54, 1.807) is 23.1 Å². The van der Waals surface area contributed by atoms with E-state index >= 15 is 0 Å². The van der Waals surface area contributed by atoms with Crippen LogP contribution in [-0.2, 0) is 14.3 Å². The number of hydrogen-bond acceptors (Lipinski definition) is 5. The Kier molecular flexibility index (Phi) is 7.43. The summed E-state index contributed by atoms with van der Waals surface area (Å²) in [4.78, 5) is 30.7. The molecule has 1 saturated heterocycles. The molecule has 0 N–H and O–H groups in total. The average molecular weight is 493 g/mol. The van der Waals surface area contributed by atoms with E-state index in [9.17, 15) is 14.0 Å². The first-order chi connectivity index (χ1) is 17.5. The van der Waals surface area contributed by atoms with Crippen molar-refractivity contribution in [1.82, 2.24) is 14.8 Å². The summed E-state index contributed by atoms with van der Waals surface area (Å²) in [7, 11) is 0. The van der Waals surface area contributed by atoms with Crippen LogP contribution in [-0.4, -0.2) is 78.3 Å². The highest BCUT2D eigenvalue weighted by Gasteiger charge is 2.38. The molecule has 8 heteroatoms. The molecule has 0 radical (unpaired) electrons. The van der Waals surface area contributed by atoms with E-state index in [1.165, 1.54) is 11.1 Å². The topological polar surface area (TPSA) is 65.5 Å². The van der Waals surface area contributed by atoms with Gasteiger partial charge in [-0.2, -0.15) is 5.10 Å². The van der Waals surface area contributed by atoms with Crippen molar-refractivity contribution in [2.45, 2.75) is 32.2 Å². The van der Waals surface area contributed by atoms with Crippen molar-refractivity contribution in [2.75, 3.05) is 45.9 Å². The number of rotatable bonds is 8. The Morgan fingerprint density at radius 1 is 1.08 bits per heavy atom. The Hall–Kier alpha value is -3.10. The van der Waals surface area contributed by atoms with Crippen molar-refractivity contribution in [2.24, 2.45) is 11.0 Å². The molecule has 36 heavy (non-hydrogen) atoms. The van der Waals surface area contributed by atoms with Gasteiger partial charge in [0.05, 0.1) is 25.0 Å². The molecule has 2 aliphatic heterocycles. The summed E-state index contributed by atoms with van der Waals surface area (Å²) in [5, 5.41) is 6.08. The van der Waals surface area contributed by atoms with Crippen LogP contribution >= 0.6 is 0 Å². The summed E-state index contributed by atoms with van der Waals surface area (Å²) in [6.07, 6.45) is 2.18. The molecule has 2 amide bonds. The lowest BCUT2D eigenvalue weighted by Gasteiger charge is -2.31. The zero-order chi connectivity index (χ0) is 25.1. The van der Waals surface area contributed by atoms with Gasteiger partial charge in [-0.05, 0) is 31.4 Å². The first-order valence-electron chi connectivity index (χ1n) is 12.8. The average Bonchev–Trinajstić information content (AvgIpc) is 3.66. The Balaban J connectivity index is 1.37. The number of amides is 2. The predicted octanol–water partition coefficient (Wildman–Crippen LogP) is 3.38. The number of nitrogens with zero attached hydrogens (tertiary/aromatic N) is 4. The Morgan fingerprint density at radius 2 is 1.81 bits per heavy atom. The van der Waals surface area contributed by atoms with Crippen molar-refractivity contribution in [3.8, 4) is 0 Å². The molecule has 0 aromatic heterocycles. The van der Waals surface area contributed by atoms with Crippen LogP contribution in [0.1, 0.15) is 42.0 Å². The molecule has 0 unspecified atom stereocenters. The number of hydrogen-bond donors (Lipinski definition) is 0. The third kappa shape index (κ3) is 5.65. The molecule has 3 aliphatic rings. The maximum atomic E-state index is 14.6. The van der Waals surface area contributed by atoms with Gasteiger partial charge >= 0.3 is 0 Å². The number of benzene rings is 2. The van der Waals surface area contributed by atoms with E-state index in [-0.39, 0.29) is 36.1 Å². The SMILES string of the molecule is Cc1ccc([C@H]2CC(c3ccccc3F)=NN2C(=O)CN(CCN2CCOCC2)C(=O)C2CC2)cc1. The lowest BCUT2D eigenvalue weighted by molar-refractivity contribution is -0.142. The number of halogens is 1. The Labute approximate surface area is 211 Å². The van der Waals surface area contributed by atoms with Crippen molar-refractivity contribution in [3.63, 3.8) is 0 Å². The lowest BCUT2D eigenvalue weighted by Crippen LogP contribution is -2.47. The minimum Gasteiger partial charge on any atom is -0.379 e. The first kappa shape index (κ1) is 24.6. The summed E-state index contributed by atoms with van der Waals surface area (Å²) >= 11 is 0. The summed E-state index contributed by atoms with van der Waals surface area (Å²) in [5.41, 5.74) is 3.01. The van der Waals surface area contributed by atoms with Crippen LogP contribution in [0, 0.1) is 18.7 Å². The maximum Gasteiger partial charge on any atom is 0.262 e. The number of morpholine rings is 1. The van der Waals surface area contributed by atoms with Gasteiger partial charge in [-0.3, -0.25) is 14.5 Å². The molecule has 1 aliphatic carbocycles. The molecule has 5 rings (SSSR count). The van der Waals surface area contributed by atoms with E-state index in [4.69, 9.17) is 4.74 Å². The van der Waals surface area contributed by atoms with E-state index in [0.29, 0.717) is 44.0 Å². The van der Waals surface area contributed by atoms with Crippen LogP contribution in [0.5, 0.6) is 0 Å². The van der Waals surface area contributed by atoms with Crippen molar-refractivity contribution in [3.05, 3.63) is 71.0 Å². The molecule has 2 aromatic carbocycles. The van der Waals surface area contributed by atoms with Crippen molar-refractivity contribution < 1.29 is 18.7 Å². The van der Waals surface area contributed by atoms with E-state index < -0.39 is 0 Å². The normalized spacial score (nSPS) is 20.3. The summed E-state index contributed by atoms with van der Waals surface area (Å²) in [6, 6.07) is 14.2.